The van der Waals surface area contributed by atoms with Crippen molar-refractivity contribution in [1.82, 2.24) is 4.98 Å². The van der Waals surface area contributed by atoms with Crippen LogP contribution in [-0.4, -0.2) is 23.9 Å². The van der Waals surface area contributed by atoms with E-state index in [4.69, 9.17) is 16.2 Å². The maximum absolute atomic E-state index is 13.1. The second kappa shape index (κ2) is 9.21. The zero-order valence-corrected chi connectivity index (χ0v) is 20.1. The minimum Gasteiger partial charge on any atom is -0.497 e. The quantitative estimate of drug-likeness (QED) is 0.337. The Morgan fingerprint density at radius 3 is 2.52 bits per heavy atom. The van der Waals surface area contributed by atoms with Gasteiger partial charge in [-0.25, -0.2) is 4.98 Å². The van der Waals surface area contributed by atoms with Gasteiger partial charge in [-0.3, -0.25) is 9.59 Å². The van der Waals surface area contributed by atoms with Crippen molar-refractivity contribution in [2.45, 2.75) is 20.3 Å². The van der Waals surface area contributed by atoms with E-state index >= 15 is 0 Å². The van der Waals surface area contributed by atoms with Gasteiger partial charge in [-0.15, -0.1) is 22.7 Å². The van der Waals surface area contributed by atoms with Gasteiger partial charge in [0.25, 0.3) is 11.8 Å². The van der Waals surface area contributed by atoms with Gasteiger partial charge in [0, 0.05) is 22.0 Å². The van der Waals surface area contributed by atoms with E-state index in [1.165, 1.54) is 22.7 Å². The molecule has 3 heterocycles. The average molecular weight is 481 g/mol. The fourth-order valence-electron chi connectivity index (χ4n) is 3.57. The first-order chi connectivity index (χ1) is 15.8. The van der Waals surface area contributed by atoms with E-state index < -0.39 is 11.8 Å². The summed E-state index contributed by atoms with van der Waals surface area (Å²) in [7, 11) is 1.59. The number of amides is 2. The molecule has 0 atom stereocenters. The molecule has 0 unspecified atom stereocenters. The standard InChI is InChI=1S/C24H24N4O3S2/c1-12(2)10-14-6-9-16-19(25)20(33-23(16)27-14)22(30)28-24-18(21(26)29)17(11-32-24)13-4-7-15(31-3)8-5-13/h4-9,11-12H,10,25H2,1-3H3,(H2,26,29)(H,28,30). The maximum Gasteiger partial charge on any atom is 0.268 e. The number of nitrogens with one attached hydrogen (secondary N) is 1. The third-order valence-corrected chi connectivity index (χ3v) is 7.15. The summed E-state index contributed by atoms with van der Waals surface area (Å²) in [5.41, 5.74) is 15.0. The van der Waals surface area contributed by atoms with Gasteiger partial charge in [0.15, 0.2) is 0 Å². The number of primary amides is 1. The van der Waals surface area contributed by atoms with Crippen LogP contribution in [0.4, 0.5) is 10.7 Å². The van der Waals surface area contributed by atoms with Crippen molar-refractivity contribution in [1.29, 1.82) is 0 Å². The van der Waals surface area contributed by atoms with Crippen molar-refractivity contribution in [2.24, 2.45) is 11.7 Å². The van der Waals surface area contributed by atoms with Gasteiger partial charge in [-0.05, 0) is 42.2 Å². The van der Waals surface area contributed by atoms with Crippen molar-refractivity contribution < 1.29 is 14.3 Å². The zero-order valence-electron chi connectivity index (χ0n) is 18.5. The third-order valence-electron chi connectivity index (χ3n) is 5.14. The fraction of sp³-hybridized carbons (Fsp3) is 0.208. The van der Waals surface area contributed by atoms with Crippen LogP contribution < -0.4 is 21.5 Å². The average Bonchev–Trinajstić information content (AvgIpc) is 3.34. The van der Waals surface area contributed by atoms with E-state index in [1.807, 2.05) is 24.3 Å². The monoisotopic (exact) mass is 480 g/mol. The predicted octanol–water partition coefficient (Wildman–Crippen LogP) is 5.17. The van der Waals surface area contributed by atoms with Crippen LogP contribution in [0.25, 0.3) is 21.3 Å². The summed E-state index contributed by atoms with van der Waals surface area (Å²) in [4.78, 5) is 31.1. The van der Waals surface area contributed by atoms with Crippen LogP contribution in [0.3, 0.4) is 0 Å². The summed E-state index contributed by atoms with van der Waals surface area (Å²) in [6.45, 7) is 4.26. The summed E-state index contributed by atoms with van der Waals surface area (Å²) < 4.78 is 5.19. The third kappa shape index (κ3) is 4.55. The normalized spacial score (nSPS) is 11.2. The number of anilines is 2. The first-order valence-corrected chi connectivity index (χ1v) is 12.0. The lowest BCUT2D eigenvalue weighted by atomic mass is 10.0. The number of rotatable bonds is 7. The summed E-state index contributed by atoms with van der Waals surface area (Å²) in [5, 5.41) is 5.75. The Kier molecular flexibility index (Phi) is 6.35. The van der Waals surface area contributed by atoms with Gasteiger partial charge >= 0.3 is 0 Å². The Balaban J connectivity index is 1.65. The molecule has 5 N–H and O–H groups in total. The van der Waals surface area contributed by atoms with E-state index in [9.17, 15) is 9.59 Å². The highest BCUT2D eigenvalue weighted by Gasteiger charge is 2.23. The van der Waals surface area contributed by atoms with Crippen molar-refractivity contribution in [3.8, 4) is 16.9 Å². The van der Waals surface area contributed by atoms with E-state index in [-0.39, 0.29) is 5.56 Å². The van der Waals surface area contributed by atoms with Crippen LogP contribution in [0.15, 0.2) is 41.8 Å². The van der Waals surface area contributed by atoms with Crippen molar-refractivity contribution in [3.05, 3.63) is 57.9 Å². The van der Waals surface area contributed by atoms with Gasteiger partial charge in [0.1, 0.15) is 20.5 Å². The Bertz CT molecular complexity index is 1340. The number of thiophene rings is 2. The summed E-state index contributed by atoms with van der Waals surface area (Å²) in [6, 6.07) is 11.1. The molecular formula is C24H24N4O3S2. The Morgan fingerprint density at radius 1 is 1.15 bits per heavy atom. The number of pyridine rings is 1. The first-order valence-electron chi connectivity index (χ1n) is 10.3. The molecule has 0 radical (unpaired) electrons. The number of ether oxygens (including phenoxy) is 1. The highest BCUT2D eigenvalue weighted by atomic mass is 32.1. The minimum atomic E-state index is -0.623. The maximum atomic E-state index is 13.1. The van der Waals surface area contributed by atoms with E-state index in [2.05, 4.69) is 24.1 Å². The van der Waals surface area contributed by atoms with E-state index in [1.54, 1.807) is 24.6 Å². The lowest BCUT2D eigenvalue weighted by molar-refractivity contribution is 0.100. The molecule has 7 nitrogen and oxygen atoms in total. The highest BCUT2D eigenvalue weighted by Crippen LogP contribution is 2.38. The molecule has 0 aliphatic rings. The number of carbonyl (C=O) groups excluding carboxylic acids is 2. The number of nitrogens with two attached hydrogens (primary N) is 2. The van der Waals surface area contributed by atoms with Crippen LogP contribution in [0.5, 0.6) is 5.75 Å². The second-order valence-corrected chi connectivity index (χ2v) is 9.88. The number of aromatic nitrogens is 1. The molecule has 0 spiro atoms. The van der Waals surface area contributed by atoms with Crippen LogP contribution in [0.1, 0.15) is 39.6 Å². The number of hydrogen-bond acceptors (Lipinski definition) is 7. The van der Waals surface area contributed by atoms with Crippen molar-refractivity contribution in [3.63, 3.8) is 0 Å². The molecule has 9 heteroatoms. The van der Waals surface area contributed by atoms with Gasteiger partial charge in [-0.1, -0.05) is 26.0 Å². The lowest BCUT2D eigenvalue weighted by Crippen LogP contribution is -2.17. The van der Waals surface area contributed by atoms with Crippen molar-refractivity contribution >= 4 is 55.4 Å². The molecule has 3 aromatic heterocycles. The van der Waals surface area contributed by atoms with Crippen LogP contribution in [0, 0.1) is 5.92 Å². The molecule has 0 fully saturated rings. The number of hydrogen-bond donors (Lipinski definition) is 3. The Morgan fingerprint density at radius 2 is 1.88 bits per heavy atom. The van der Waals surface area contributed by atoms with Crippen LogP contribution in [0.2, 0.25) is 0 Å². The number of fused-ring (bicyclic) bond motifs is 1. The molecule has 4 rings (SSSR count). The molecule has 0 aliphatic carbocycles. The molecule has 0 bridgehead atoms. The number of nitrogen functional groups attached to an aromatic ring is 1. The van der Waals surface area contributed by atoms with Crippen molar-refractivity contribution in [2.75, 3.05) is 18.2 Å². The van der Waals surface area contributed by atoms with Crippen LogP contribution in [-0.2, 0) is 6.42 Å². The molecule has 0 aliphatic heterocycles. The van der Waals surface area contributed by atoms with Gasteiger partial charge in [0.05, 0.1) is 18.4 Å². The van der Waals surface area contributed by atoms with E-state index in [0.29, 0.717) is 32.8 Å². The molecule has 0 saturated carbocycles. The minimum absolute atomic E-state index is 0.260. The molecule has 0 saturated heterocycles. The molecule has 33 heavy (non-hydrogen) atoms. The molecule has 170 valence electrons. The second-order valence-electron chi connectivity index (χ2n) is 8.00. The number of benzene rings is 1. The Hall–Kier alpha value is -3.43. The summed E-state index contributed by atoms with van der Waals surface area (Å²) in [5.74, 6) is 0.155. The molecular weight excluding hydrogens is 456 g/mol. The van der Waals surface area contributed by atoms with E-state index in [0.717, 1.165) is 27.9 Å². The lowest BCUT2D eigenvalue weighted by Gasteiger charge is -2.07. The van der Waals surface area contributed by atoms with Gasteiger partial charge in [0.2, 0.25) is 0 Å². The number of carbonyl (C=O) groups is 2. The zero-order chi connectivity index (χ0) is 23.7. The molecule has 1 aromatic carbocycles. The first kappa shape index (κ1) is 22.8. The predicted molar refractivity (Wildman–Crippen MR) is 135 cm³/mol. The topological polar surface area (TPSA) is 120 Å². The summed E-state index contributed by atoms with van der Waals surface area (Å²) in [6.07, 6.45) is 0.848. The SMILES string of the molecule is COc1ccc(-c2csc(NC(=O)c3sc4nc(CC(C)C)ccc4c3N)c2C(N)=O)cc1. The number of nitrogens with zero attached hydrogens (tertiary/aromatic N) is 1. The van der Waals surface area contributed by atoms with Gasteiger partial charge < -0.3 is 21.5 Å². The highest BCUT2D eigenvalue weighted by molar-refractivity contribution is 7.21. The van der Waals surface area contributed by atoms with Gasteiger partial charge in [-0.2, -0.15) is 0 Å². The fourth-order valence-corrected chi connectivity index (χ4v) is 5.55. The molecule has 2 amide bonds. The summed E-state index contributed by atoms with van der Waals surface area (Å²) >= 11 is 2.48. The number of methoxy groups -OCH3 is 1. The Labute approximate surface area is 199 Å². The smallest absolute Gasteiger partial charge is 0.268 e. The molecule has 4 aromatic rings. The largest absolute Gasteiger partial charge is 0.497 e. The van der Waals surface area contributed by atoms with Crippen LogP contribution >= 0.6 is 22.7 Å².